The van der Waals surface area contributed by atoms with Gasteiger partial charge in [-0.15, -0.1) is 0 Å². The first-order valence-corrected chi connectivity index (χ1v) is 5.47. The van der Waals surface area contributed by atoms with Crippen molar-refractivity contribution >= 4 is 12.1 Å². The molecule has 86 valence electrons. The highest BCUT2D eigenvalue weighted by Crippen LogP contribution is 2.14. The lowest BCUT2D eigenvalue weighted by molar-refractivity contribution is -0.107. The van der Waals surface area contributed by atoms with Gasteiger partial charge in [0.1, 0.15) is 12.0 Å². The van der Waals surface area contributed by atoms with Crippen LogP contribution in [0.5, 0.6) is 5.75 Å². The van der Waals surface area contributed by atoms with E-state index in [1.165, 1.54) is 0 Å². The van der Waals surface area contributed by atoms with E-state index in [9.17, 15) is 9.59 Å². The molecule has 0 saturated carbocycles. The lowest BCUT2D eigenvalue weighted by Gasteiger charge is -2.04. The highest BCUT2D eigenvalue weighted by Gasteiger charge is 2.04. The quantitative estimate of drug-likeness (QED) is 0.524. The number of ether oxygens (including phenoxy) is 1. The van der Waals surface area contributed by atoms with E-state index in [-0.39, 0.29) is 18.6 Å². The summed E-state index contributed by atoms with van der Waals surface area (Å²) in [5, 5.41) is 0. The van der Waals surface area contributed by atoms with E-state index >= 15 is 0 Å². The molecule has 0 spiro atoms. The molecule has 1 aromatic carbocycles. The molecular weight excluding hydrogens is 204 g/mol. The van der Waals surface area contributed by atoms with Gasteiger partial charge in [-0.2, -0.15) is 0 Å². The van der Waals surface area contributed by atoms with E-state index in [2.05, 4.69) is 0 Å². The Morgan fingerprint density at radius 3 is 2.56 bits per heavy atom. The molecule has 0 aliphatic heterocycles. The van der Waals surface area contributed by atoms with Gasteiger partial charge in [-0.25, -0.2) is 0 Å². The summed E-state index contributed by atoms with van der Waals surface area (Å²) < 4.78 is 5.40. The van der Waals surface area contributed by atoms with Crippen LogP contribution >= 0.6 is 0 Å². The number of hydrogen-bond donors (Lipinski definition) is 0. The van der Waals surface area contributed by atoms with Gasteiger partial charge in [0.15, 0.2) is 5.78 Å². The molecule has 3 nitrogen and oxygen atoms in total. The smallest absolute Gasteiger partial charge is 0.163 e. The maximum atomic E-state index is 11.5. The molecule has 0 bridgehead atoms. The molecule has 0 radical (unpaired) electrons. The molecule has 1 rings (SSSR count). The second kappa shape index (κ2) is 6.77. The fraction of sp³-hybridized carbons (Fsp3) is 0.385. The summed E-state index contributed by atoms with van der Waals surface area (Å²) in [5.41, 5.74) is 0.630. The van der Waals surface area contributed by atoms with E-state index in [0.29, 0.717) is 12.2 Å². The van der Waals surface area contributed by atoms with E-state index < -0.39 is 0 Å². The number of ketones is 1. The monoisotopic (exact) mass is 220 g/mol. The summed E-state index contributed by atoms with van der Waals surface area (Å²) in [6, 6.07) is 7.03. The molecule has 0 atom stereocenters. The van der Waals surface area contributed by atoms with Crippen molar-refractivity contribution in [3.63, 3.8) is 0 Å². The Kier molecular flexibility index (Phi) is 5.26. The molecule has 0 N–H and O–H groups in total. The highest BCUT2D eigenvalue weighted by atomic mass is 16.5. The minimum Gasteiger partial charge on any atom is -0.494 e. The Morgan fingerprint density at radius 2 is 2.00 bits per heavy atom. The molecular formula is C13H16O3. The van der Waals surface area contributed by atoms with Gasteiger partial charge in [0.2, 0.25) is 0 Å². The van der Waals surface area contributed by atoms with Gasteiger partial charge in [0.25, 0.3) is 0 Å². The van der Waals surface area contributed by atoms with Crippen molar-refractivity contribution < 1.29 is 14.3 Å². The molecule has 16 heavy (non-hydrogen) atoms. The third-order valence-electron chi connectivity index (χ3n) is 2.14. The van der Waals surface area contributed by atoms with Crippen LogP contribution in [0.15, 0.2) is 24.3 Å². The summed E-state index contributed by atoms with van der Waals surface area (Å²) in [4.78, 5) is 21.7. The maximum absolute atomic E-state index is 11.5. The van der Waals surface area contributed by atoms with Gasteiger partial charge in [-0.3, -0.25) is 4.79 Å². The third kappa shape index (κ3) is 3.85. The van der Waals surface area contributed by atoms with Crippen molar-refractivity contribution in [1.29, 1.82) is 0 Å². The molecule has 0 amide bonds. The van der Waals surface area contributed by atoms with Crippen molar-refractivity contribution in [1.82, 2.24) is 0 Å². The maximum Gasteiger partial charge on any atom is 0.163 e. The predicted molar refractivity (Wildman–Crippen MR) is 61.9 cm³/mol. The first kappa shape index (κ1) is 12.4. The summed E-state index contributed by atoms with van der Waals surface area (Å²) in [5.74, 6) is 0.767. The van der Waals surface area contributed by atoms with Crippen molar-refractivity contribution in [2.45, 2.75) is 26.2 Å². The van der Waals surface area contributed by atoms with Crippen LogP contribution in [0.4, 0.5) is 0 Å². The zero-order chi connectivity index (χ0) is 11.8. The molecule has 0 unspecified atom stereocenters. The van der Waals surface area contributed by atoms with Crippen LogP contribution in [0.3, 0.4) is 0 Å². The topological polar surface area (TPSA) is 43.4 Å². The Morgan fingerprint density at radius 1 is 1.31 bits per heavy atom. The number of carbonyl (C=O) groups excluding carboxylic acids is 2. The van der Waals surface area contributed by atoms with Crippen molar-refractivity contribution in [3.05, 3.63) is 29.8 Å². The summed E-state index contributed by atoms with van der Waals surface area (Å²) in [6.07, 6.45) is 2.28. The van der Waals surface area contributed by atoms with E-state index in [0.717, 1.165) is 18.5 Å². The van der Waals surface area contributed by atoms with Crippen molar-refractivity contribution in [3.8, 4) is 5.75 Å². The summed E-state index contributed by atoms with van der Waals surface area (Å²) in [7, 11) is 0. The van der Waals surface area contributed by atoms with Gasteiger partial charge < -0.3 is 9.53 Å². The third-order valence-corrected chi connectivity index (χ3v) is 2.14. The van der Waals surface area contributed by atoms with E-state index in [4.69, 9.17) is 4.74 Å². The van der Waals surface area contributed by atoms with Gasteiger partial charge >= 0.3 is 0 Å². The van der Waals surface area contributed by atoms with Crippen LogP contribution in [-0.4, -0.2) is 18.7 Å². The number of aldehydes is 1. The van der Waals surface area contributed by atoms with Crippen LogP contribution in [0, 0.1) is 0 Å². The first-order valence-electron chi connectivity index (χ1n) is 5.47. The summed E-state index contributed by atoms with van der Waals surface area (Å²) >= 11 is 0. The number of benzene rings is 1. The minimum atomic E-state index is -0.00542. The zero-order valence-electron chi connectivity index (χ0n) is 9.44. The predicted octanol–water partition coefficient (Wildman–Crippen LogP) is 2.64. The second-order valence-corrected chi connectivity index (χ2v) is 3.50. The normalized spacial score (nSPS) is 9.81. The molecule has 3 heteroatoms. The van der Waals surface area contributed by atoms with E-state index in [1.807, 2.05) is 6.92 Å². The molecule has 0 fully saturated rings. The molecule has 0 aliphatic carbocycles. The van der Waals surface area contributed by atoms with Crippen molar-refractivity contribution in [2.24, 2.45) is 0 Å². The number of carbonyl (C=O) groups is 2. The van der Waals surface area contributed by atoms with Gasteiger partial charge in [-0.05, 0) is 30.7 Å². The first-order chi connectivity index (χ1) is 7.77. The molecule has 0 saturated heterocycles. The number of Topliss-reactive ketones (excluding diaryl/α,β-unsaturated/α-hetero) is 1. The zero-order valence-corrected chi connectivity index (χ0v) is 9.44. The number of rotatable bonds is 7. The lowest BCUT2D eigenvalue weighted by atomic mass is 10.1. The minimum absolute atomic E-state index is 0.00542. The average molecular weight is 220 g/mol. The fourth-order valence-corrected chi connectivity index (χ4v) is 1.29. The van der Waals surface area contributed by atoms with Gasteiger partial charge in [0.05, 0.1) is 6.61 Å². The molecule has 1 aromatic rings. The summed E-state index contributed by atoms with van der Waals surface area (Å²) in [6.45, 7) is 2.72. The van der Waals surface area contributed by atoms with E-state index in [1.54, 1.807) is 24.3 Å². The Balaban J connectivity index is 2.56. The van der Waals surface area contributed by atoms with Gasteiger partial charge in [0, 0.05) is 18.4 Å². The standard InChI is InChI=1S/C13H16O3/c1-2-10-16-12-7-5-11(6-8-12)13(15)4-3-9-14/h5-9H,2-4,10H2,1H3. The van der Waals surface area contributed by atoms with Gasteiger partial charge in [-0.1, -0.05) is 6.92 Å². The Labute approximate surface area is 95.4 Å². The SMILES string of the molecule is CCCOc1ccc(C(=O)CCC=O)cc1. The lowest BCUT2D eigenvalue weighted by Crippen LogP contribution is -2.00. The highest BCUT2D eigenvalue weighted by molar-refractivity contribution is 5.96. The van der Waals surface area contributed by atoms with Crippen LogP contribution in [-0.2, 0) is 4.79 Å². The second-order valence-electron chi connectivity index (χ2n) is 3.50. The van der Waals surface area contributed by atoms with Crippen LogP contribution in [0.1, 0.15) is 36.5 Å². The van der Waals surface area contributed by atoms with Crippen LogP contribution in [0.2, 0.25) is 0 Å². The molecule has 0 aromatic heterocycles. The average Bonchev–Trinajstić information content (AvgIpc) is 2.34. The number of hydrogen-bond acceptors (Lipinski definition) is 3. The Hall–Kier alpha value is -1.64. The van der Waals surface area contributed by atoms with Crippen molar-refractivity contribution in [2.75, 3.05) is 6.61 Å². The van der Waals surface area contributed by atoms with Crippen LogP contribution < -0.4 is 4.74 Å². The molecule has 0 heterocycles. The largest absolute Gasteiger partial charge is 0.494 e. The fourth-order valence-electron chi connectivity index (χ4n) is 1.29. The van der Waals surface area contributed by atoms with Crippen LogP contribution in [0.25, 0.3) is 0 Å². The Bertz CT molecular complexity index is 341. The molecule has 0 aliphatic rings.